The zero-order valence-electron chi connectivity index (χ0n) is 14.5. The summed E-state index contributed by atoms with van der Waals surface area (Å²) >= 11 is 0. The van der Waals surface area contributed by atoms with Crippen molar-refractivity contribution in [3.05, 3.63) is 57.1 Å². The summed E-state index contributed by atoms with van der Waals surface area (Å²) in [6.45, 7) is 1.60. The van der Waals surface area contributed by atoms with Crippen molar-refractivity contribution in [3.63, 3.8) is 0 Å². The minimum absolute atomic E-state index is 0.0885. The Morgan fingerprint density at radius 2 is 2.11 bits per heavy atom. The molecule has 1 aromatic heterocycles. The number of benzene rings is 1. The average Bonchev–Trinajstić information content (AvgIpc) is 3.00. The number of carbonyl (C=O) groups is 1. The first kappa shape index (κ1) is 19.2. The Hall–Kier alpha value is -2.55. The van der Waals surface area contributed by atoms with Crippen molar-refractivity contribution >= 4 is 5.97 Å². The van der Waals surface area contributed by atoms with Gasteiger partial charge < -0.3 is 9.63 Å². The summed E-state index contributed by atoms with van der Waals surface area (Å²) in [6.07, 6.45) is -3.41. The van der Waals surface area contributed by atoms with Crippen LogP contribution in [0.5, 0.6) is 0 Å². The number of nitrogens with zero attached hydrogens (tertiary/aromatic N) is 1. The number of halogens is 3. The fraction of sp³-hybridized carbons (Fsp3) is 0.444. The van der Waals surface area contributed by atoms with Crippen molar-refractivity contribution in [1.29, 1.82) is 0 Å². The molecule has 1 fully saturated rings. The molecule has 0 radical (unpaired) electrons. The molecular weight excluding hydrogens is 365 g/mol. The minimum atomic E-state index is -4.44. The van der Waals surface area contributed by atoms with Crippen LogP contribution in [0.4, 0.5) is 13.2 Å². The smallest absolute Gasteiger partial charge is 0.416 e. The molecule has 0 amide bonds. The summed E-state index contributed by atoms with van der Waals surface area (Å²) in [7, 11) is 0. The molecule has 0 saturated carbocycles. The van der Waals surface area contributed by atoms with Gasteiger partial charge in [-0.2, -0.15) is 18.3 Å². The van der Waals surface area contributed by atoms with E-state index in [4.69, 9.17) is 9.63 Å². The summed E-state index contributed by atoms with van der Waals surface area (Å²) in [6, 6.07) is 4.85. The third-order valence-corrected chi connectivity index (χ3v) is 4.94. The second-order valence-corrected chi connectivity index (χ2v) is 6.79. The zero-order valence-corrected chi connectivity index (χ0v) is 14.5. The van der Waals surface area contributed by atoms with Gasteiger partial charge in [0.25, 0.3) is 5.56 Å². The maximum atomic E-state index is 13.0. The van der Waals surface area contributed by atoms with Crippen LogP contribution in [0, 0.1) is 6.92 Å². The van der Waals surface area contributed by atoms with E-state index in [1.54, 1.807) is 4.90 Å². The highest BCUT2D eigenvalue weighted by atomic mass is 19.4. The van der Waals surface area contributed by atoms with E-state index < -0.39 is 17.7 Å². The number of aromatic amines is 1. The van der Waals surface area contributed by atoms with Crippen LogP contribution in [-0.4, -0.2) is 34.2 Å². The molecule has 27 heavy (non-hydrogen) atoms. The summed E-state index contributed by atoms with van der Waals surface area (Å²) in [5.74, 6) is -0.652. The number of alkyl halides is 3. The van der Waals surface area contributed by atoms with Gasteiger partial charge in [0.05, 0.1) is 12.1 Å². The molecule has 9 heteroatoms. The van der Waals surface area contributed by atoms with Gasteiger partial charge in [-0.1, -0.05) is 12.1 Å². The number of H-pyrrole nitrogens is 1. The summed E-state index contributed by atoms with van der Waals surface area (Å²) in [5.41, 5.74) is -0.366. The van der Waals surface area contributed by atoms with E-state index in [0.29, 0.717) is 30.7 Å². The highest BCUT2D eigenvalue weighted by Gasteiger charge is 2.35. The third-order valence-electron chi connectivity index (χ3n) is 4.94. The third kappa shape index (κ3) is 4.24. The summed E-state index contributed by atoms with van der Waals surface area (Å²) in [4.78, 5) is 24.3. The molecule has 3 rings (SSSR count). The van der Waals surface area contributed by atoms with Crippen LogP contribution in [0.3, 0.4) is 0 Å². The van der Waals surface area contributed by atoms with Gasteiger partial charge in [-0.3, -0.25) is 14.5 Å². The van der Waals surface area contributed by atoms with E-state index in [0.717, 1.165) is 6.07 Å². The van der Waals surface area contributed by atoms with Gasteiger partial charge in [-0.05, 0) is 37.0 Å². The van der Waals surface area contributed by atoms with Gasteiger partial charge in [0.2, 0.25) is 0 Å². The van der Waals surface area contributed by atoms with Gasteiger partial charge in [-0.15, -0.1) is 0 Å². The van der Waals surface area contributed by atoms with Crippen LogP contribution in [0.25, 0.3) is 0 Å². The Labute approximate surface area is 152 Å². The number of hydrogen-bond donors (Lipinski definition) is 2. The Bertz CT molecular complexity index is 887. The van der Waals surface area contributed by atoms with Crippen LogP contribution in [-0.2, 0) is 11.0 Å². The lowest BCUT2D eigenvalue weighted by Crippen LogP contribution is -2.39. The SMILES string of the molecule is Cc1cc(C2CC(c3cc(=O)[nH]o3)CCN2CC(=O)O)ccc1C(F)(F)F. The van der Waals surface area contributed by atoms with Gasteiger partial charge in [0.15, 0.2) is 0 Å². The number of rotatable bonds is 4. The fourth-order valence-corrected chi connectivity index (χ4v) is 3.69. The van der Waals surface area contributed by atoms with Crippen molar-refractivity contribution in [2.75, 3.05) is 13.1 Å². The van der Waals surface area contributed by atoms with E-state index >= 15 is 0 Å². The first-order valence-corrected chi connectivity index (χ1v) is 8.47. The topological polar surface area (TPSA) is 86.5 Å². The molecule has 1 aromatic carbocycles. The Kier molecular flexibility index (Phi) is 5.14. The number of hydrogen-bond acceptors (Lipinski definition) is 4. The molecule has 1 aliphatic heterocycles. The average molecular weight is 384 g/mol. The van der Waals surface area contributed by atoms with Crippen LogP contribution >= 0.6 is 0 Å². The summed E-state index contributed by atoms with van der Waals surface area (Å²) < 4.78 is 44.2. The van der Waals surface area contributed by atoms with Crippen molar-refractivity contribution in [2.24, 2.45) is 0 Å². The molecule has 2 N–H and O–H groups in total. The van der Waals surface area contributed by atoms with Crippen LogP contribution in [0.15, 0.2) is 33.6 Å². The van der Waals surface area contributed by atoms with Crippen LogP contribution in [0.1, 0.15) is 47.3 Å². The predicted octanol–water partition coefficient (Wildman–Crippen LogP) is 3.30. The van der Waals surface area contributed by atoms with Gasteiger partial charge in [0, 0.05) is 24.6 Å². The normalized spacial score (nSPS) is 21.3. The van der Waals surface area contributed by atoms with Crippen molar-refractivity contribution in [2.45, 2.75) is 37.9 Å². The highest BCUT2D eigenvalue weighted by Crippen LogP contribution is 2.40. The second kappa shape index (κ2) is 7.22. The lowest BCUT2D eigenvalue weighted by Gasteiger charge is -2.38. The lowest BCUT2D eigenvalue weighted by molar-refractivity contribution is -0.139. The Morgan fingerprint density at radius 1 is 1.37 bits per heavy atom. The molecule has 0 bridgehead atoms. The largest absolute Gasteiger partial charge is 0.480 e. The Balaban J connectivity index is 1.92. The standard InChI is InChI=1S/C18H19F3N2O4/c1-10-6-11(2-3-13(10)18(19,20)21)14-7-12(15-8-16(24)22-27-15)4-5-23(14)9-17(25)26/h2-3,6,8,12,14H,4-5,7,9H2,1H3,(H,22,24)(H,25,26). The monoisotopic (exact) mass is 384 g/mol. The first-order valence-electron chi connectivity index (χ1n) is 8.47. The molecule has 2 aromatic rings. The lowest BCUT2D eigenvalue weighted by atomic mass is 9.85. The summed E-state index contributed by atoms with van der Waals surface area (Å²) in [5, 5.41) is 11.4. The number of carboxylic acid groups (broad SMARTS) is 1. The predicted molar refractivity (Wildman–Crippen MR) is 89.4 cm³/mol. The number of nitrogens with one attached hydrogen (secondary N) is 1. The molecule has 2 atom stereocenters. The quantitative estimate of drug-likeness (QED) is 0.845. The van der Waals surface area contributed by atoms with Crippen LogP contribution in [0.2, 0.25) is 0 Å². The number of aromatic nitrogens is 1. The zero-order chi connectivity index (χ0) is 19.8. The van der Waals surface area contributed by atoms with Gasteiger partial charge in [0.1, 0.15) is 5.76 Å². The number of aliphatic carboxylic acids is 1. The highest BCUT2D eigenvalue weighted by molar-refractivity contribution is 5.69. The molecule has 6 nitrogen and oxygen atoms in total. The molecule has 146 valence electrons. The number of likely N-dealkylation sites (tertiary alicyclic amines) is 1. The van der Waals surface area contributed by atoms with Crippen molar-refractivity contribution in [1.82, 2.24) is 10.1 Å². The van der Waals surface area contributed by atoms with Crippen molar-refractivity contribution in [3.8, 4) is 0 Å². The van der Waals surface area contributed by atoms with E-state index in [9.17, 15) is 22.8 Å². The number of carboxylic acids is 1. The maximum Gasteiger partial charge on any atom is 0.416 e. The van der Waals surface area contributed by atoms with E-state index in [1.165, 1.54) is 25.1 Å². The molecule has 0 aliphatic carbocycles. The number of piperidine rings is 1. The first-order chi connectivity index (χ1) is 12.6. The van der Waals surface area contributed by atoms with Gasteiger partial charge >= 0.3 is 12.1 Å². The second-order valence-electron chi connectivity index (χ2n) is 6.79. The maximum absolute atomic E-state index is 13.0. The minimum Gasteiger partial charge on any atom is -0.480 e. The molecule has 2 heterocycles. The Morgan fingerprint density at radius 3 is 2.67 bits per heavy atom. The van der Waals surface area contributed by atoms with Gasteiger partial charge in [-0.25, -0.2) is 0 Å². The molecule has 0 spiro atoms. The van der Waals surface area contributed by atoms with E-state index in [1.807, 2.05) is 0 Å². The van der Waals surface area contributed by atoms with Crippen molar-refractivity contribution < 1.29 is 27.6 Å². The van der Waals surface area contributed by atoms with E-state index in [2.05, 4.69) is 5.16 Å². The van der Waals surface area contributed by atoms with E-state index in [-0.39, 0.29) is 29.6 Å². The van der Waals surface area contributed by atoms with Crippen LogP contribution < -0.4 is 5.56 Å². The number of aryl methyl sites for hydroxylation is 1. The molecule has 2 unspecified atom stereocenters. The molecule has 1 aliphatic rings. The molecular formula is C18H19F3N2O4. The molecule has 1 saturated heterocycles. The fourth-order valence-electron chi connectivity index (χ4n) is 3.69.